The van der Waals surface area contributed by atoms with Crippen molar-refractivity contribution in [1.82, 2.24) is 15.4 Å². The summed E-state index contributed by atoms with van der Waals surface area (Å²) < 4.78 is 13.3. The quantitative estimate of drug-likeness (QED) is 0.723. The van der Waals surface area contributed by atoms with Crippen LogP contribution in [0.1, 0.15) is 5.56 Å². The number of aryl methyl sites for hydroxylation is 1. The lowest BCUT2D eigenvalue weighted by Crippen LogP contribution is -1.85. The van der Waals surface area contributed by atoms with Crippen LogP contribution >= 0.6 is 0 Å². The third-order valence-corrected chi connectivity index (χ3v) is 1.81. The van der Waals surface area contributed by atoms with Crippen LogP contribution in [-0.2, 0) is 0 Å². The molecule has 0 atom stereocenters. The molecule has 4 heteroatoms. The van der Waals surface area contributed by atoms with E-state index >= 15 is 0 Å². The summed E-state index contributed by atoms with van der Waals surface area (Å²) in [7, 11) is 0. The van der Waals surface area contributed by atoms with Gasteiger partial charge in [0.2, 0.25) is 0 Å². The van der Waals surface area contributed by atoms with Gasteiger partial charge in [0.05, 0.1) is 6.20 Å². The lowest BCUT2D eigenvalue weighted by molar-refractivity contribution is 0.630. The Labute approximate surface area is 74.6 Å². The molecule has 1 aromatic heterocycles. The van der Waals surface area contributed by atoms with Gasteiger partial charge in [-0.1, -0.05) is 11.6 Å². The van der Waals surface area contributed by atoms with Gasteiger partial charge in [-0.15, -0.1) is 0 Å². The zero-order chi connectivity index (χ0) is 9.26. The van der Waals surface area contributed by atoms with E-state index < -0.39 is 0 Å². The van der Waals surface area contributed by atoms with Crippen LogP contribution in [-0.4, -0.2) is 15.4 Å². The molecule has 0 fully saturated rings. The van der Waals surface area contributed by atoms with Crippen molar-refractivity contribution in [3.63, 3.8) is 0 Å². The first-order valence-corrected chi connectivity index (χ1v) is 3.89. The second kappa shape index (κ2) is 2.97. The van der Waals surface area contributed by atoms with Crippen molar-refractivity contribution in [1.29, 1.82) is 0 Å². The second-order valence-electron chi connectivity index (χ2n) is 2.84. The Hall–Kier alpha value is -1.71. The zero-order valence-corrected chi connectivity index (χ0v) is 7.08. The van der Waals surface area contributed by atoms with Crippen molar-refractivity contribution < 1.29 is 4.39 Å². The summed E-state index contributed by atoms with van der Waals surface area (Å²) in [6.45, 7) is 1.91. The van der Waals surface area contributed by atoms with E-state index in [1.54, 1.807) is 12.1 Å². The van der Waals surface area contributed by atoms with E-state index in [9.17, 15) is 4.39 Å². The van der Waals surface area contributed by atoms with Gasteiger partial charge in [-0.25, -0.2) is 4.39 Å². The highest BCUT2D eigenvalue weighted by Crippen LogP contribution is 2.20. The van der Waals surface area contributed by atoms with E-state index in [0.29, 0.717) is 11.3 Å². The van der Waals surface area contributed by atoms with Gasteiger partial charge in [0, 0.05) is 5.56 Å². The summed E-state index contributed by atoms with van der Waals surface area (Å²) in [5.74, 6) is -0.278. The average molecular weight is 177 g/mol. The van der Waals surface area contributed by atoms with Crippen LogP contribution in [0.2, 0.25) is 0 Å². The Morgan fingerprint density at radius 3 is 2.92 bits per heavy atom. The molecule has 0 saturated carbocycles. The van der Waals surface area contributed by atoms with Gasteiger partial charge in [0.25, 0.3) is 0 Å². The van der Waals surface area contributed by atoms with Crippen molar-refractivity contribution in [2.24, 2.45) is 0 Å². The van der Waals surface area contributed by atoms with Gasteiger partial charge < -0.3 is 0 Å². The lowest BCUT2D eigenvalue weighted by atomic mass is 10.1. The molecule has 1 aromatic carbocycles. The van der Waals surface area contributed by atoms with E-state index in [1.807, 2.05) is 6.92 Å². The molecule has 0 bridgehead atoms. The summed E-state index contributed by atoms with van der Waals surface area (Å²) in [6, 6.07) is 4.89. The maximum Gasteiger partial charge on any atom is 0.132 e. The number of rotatable bonds is 1. The highest BCUT2D eigenvalue weighted by molar-refractivity contribution is 5.59. The topological polar surface area (TPSA) is 41.6 Å². The highest BCUT2D eigenvalue weighted by atomic mass is 19.1. The molecule has 0 aliphatic carbocycles. The Morgan fingerprint density at radius 2 is 2.23 bits per heavy atom. The molecule has 1 heterocycles. The van der Waals surface area contributed by atoms with Crippen molar-refractivity contribution in [3.05, 3.63) is 35.8 Å². The normalized spacial score (nSPS) is 10.3. The molecule has 0 saturated heterocycles. The number of aromatic amines is 1. The van der Waals surface area contributed by atoms with E-state index in [2.05, 4.69) is 15.4 Å². The molecule has 0 aliphatic rings. The maximum absolute atomic E-state index is 13.3. The number of aromatic nitrogens is 3. The van der Waals surface area contributed by atoms with Crippen molar-refractivity contribution in [3.8, 4) is 11.3 Å². The van der Waals surface area contributed by atoms with Crippen molar-refractivity contribution in [2.75, 3.05) is 0 Å². The summed E-state index contributed by atoms with van der Waals surface area (Å²) >= 11 is 0. The number of nitrogens with one attached hydrogen (secondary N) is 1. The average Bonchev–Trinajstić information content (AvgIpc) is 2.61. The van der Waals surface area contributed by atoms with Gasteiger partial charge in [-0.05, 0) is 19.1 Å². The molecule has 2 aromatic rings. The predicted molar refractivity (Wildman–Crippen MR) is 46.5 cm³/mol. The van der Waals surface area contributed by atoms with Crippen LogP contribution in [0.5, 0.6) is 0 Å². The van der Waals surface area contributed by atoms with E-state index in [-0.39, 0.29) is 5.82 Å². The molecule has 0 spiro atoms. The molecule has 13 heavy (non-hydrogen) atoms. The molecular formula is C9H8FN3. The van der Waals surface area contributed by atoms with Gasteiger partial charge in [0.15, 0.2) is 0 Å². The number of halogens is 1. The Bertz CT molecular complexity index is 409. The fourth-order valence-electron chi connectivity index (χ4n) is 1.17. The van der Waals surface area contributed by atoms with E-state index in [4.69, 9.17) is 0 Å². The van der Waals surface area contributed by atoms with Gasteiger partial charge in [-0.2, -0.15) is 15.4 Å². The van der Waals surface area contributed by atoms with Crippen LogP contribution < -0.4 is 0 Å². The molecule has 0 aliphatic heterocycles. The van der Waals surface area contributed by atoms with Crippen LogP contribution in [0.15, 0.2) is 24.4 Å². The molecule has 0 radical (unpaired) electrons. The maximum atomic E-state index is 13.3. The fraction of sp³-hybridized carbons (Fsp3) is 0.111. The number of hydrogen-bond donors (Lipinski definition) is 1. The van der Waals surface area contributed by atoms with Crippen LogP contribution in [0.4, 0.5) is 4.39 Å². The largest absolute Gasteiger partial charge is 0.206 e. The molecular weight excluding hydrogens is 169 g/mol. The van der Waals surface area contributed by atoms with Crippen LogP contribution in [0, 0.1) is 12.7 Å². The summed E-state index contributed by atoms with van der Waals surface area (Å²) in [6.07, 6.45) is 1.50. The fourth-order valence-corrected chi connectivity index (χ4v) is 1.17. The molecule has 0 unspecified atom stereocenters. The Morgan fingerprint density at radius 1 is 1.38 bits per heavy atom. The SMILES string of the molecule is Cc1ccc(F)c(-c2cn[nH]n2)c1. The minimum absolute atomic E-state index is 0.278. The van der Waals surface area contributed by atoms with Gasteiger partial charge in [0.1, 0.15) is 11.5 Å². The van der Waals surface area contributed by atoms with Gasteiger partial charge in [-0.3, -0.25) is 0 Å². The van der Waals surface area contributed by atoms with E-state index in [0.717, 1.165) is 5.56 Å². The minimum Gasteiger partial charge on any atom is -0.206 e. The molecule has 3 nitrogen and oxygen atoms in total. The predicted octanol–water partition coefficient (Wildman–Crippen LogP) is 1.92. The number of benzene rings is 1. The second-order valence-corrected chi connectivity index (χ2v) is 2.84. The molecule has 2 rings (SSSR count). The van der Waals surface area contributed by atoms with Crippen LogP contribution in [0.25, 0.3) is 11.3 Å². The molecule has 1 N–H and O–H groups in total. The third kappa shape index (κ3) is 1.42. The zero-order valence-electron chi connectivity index (χ0n) is 7.08. The van der Waals surface area contributed by atoms with Crippen molar-refractivity contribution >= 4 is 0 Å². The standard InChI is InChI=1S/C9H8FN3/c1-6-2-3-8(10)7(4-6)9-5-11-13-12-9/h2-5H,1H3,(H,11,12,13). The first-order valence-electron chi connectivity index (χ1n) is 3.89. The van der Waals surface area contributed by atoms with Gasteiger partial charge >= 0.3 is 0 Å². The third-order valence-electron chi connectivity index (χ3n) is 1.81. The smallest absolute Gasteiger partial charge is 0.132 e. The minimum atomic E-state index is -0.278. The molecule has 66 valence electrons. The summed E-state index contributed by atoms with van der Waals surface area (Å²) in [5.41, 5.74) is 2.01. The number of H-pyrrole nitrogens is 1. The van der Waals surface area contributed by atoms with Crippen molar-refractivity contribution in [2.45, 2.75) is 6.92 Å². The number of nitrogens with zero attached hydrogens (tertiary/aromatic N) is 2. The first-order chi connectivity index (χ1) is 6.27. The summed E-state index contributed by atoms with van der Waals surface area (Å²) in [4.78, 5) is 0. The van der Waals surface area contributed by atoms with E-state index in [1.165, 1.54) is 12.3 Å². The highest BCUT2D eigenvalue weighted by Gasteiger charge is 2.06. The van der Waals surface area contributed by atoms with Crippen LogP contribution in [0.3, 0.4) is 0 Å². The monoisotopic (exact) mass is 177 g/mol. The summed E-state index contributed by atoms with van der Waals surface area (Å²) in [5, 5.41) is 9.89. The first kappa shape index (κ1) is 7.91. The Kier molecular flexibility index (Phi) is 1.81. The number of hydrogen-bond acceptors (Lipinski definition) is 2. The molecule has 0 amide bonds. The Balaban J connectivity index is 2.57. The lowest BCUT2D eigenvalue weighted by Gasteiger charge is -1.99.